The van der Waals surface area contributed by atoms with Crippen LogP contribution in [0.2, 0.25) is 5.02 Å². The molecular weight excluding hydrogens is 553 g/mol. The van der Waals surface area contributed by atoms with E-state index in [1.165, 1.54) is 30.2 Å². The fourth-order valence-corrected chi connectivity index (χ4v) is 5.52. The second-order valence-corrected chi connectivity index (χ2v) is 10.2. The van der Waals surface area contributed by atoms with Gasteiger partial charge in [0.1, 0.15) is 18.0 Å². The van der Waals surface area contributed by atoms with E-state index in [0.29, 0.717) is 22.4 Å². The number of hydrogen-bond acceptors (Lipinski definition) is 6. The van der Waals surface area contributed by atoms with Gasteiger partial charge in [0.05, 0.1) is 25.1 Å². The molecular formula is C27H26ClF3N4O5. The maximum atomic E-state index is 14.2. The molecule has 1 aromatic heterocycles. The van der Waals surface area contributed by atoms with Crippen LogP contribution in [0.5, 0.6) is 5.75 Å². The minimum atomic E-state index is -4.85. The summed E-state index contributed by atoms with van der Waals surface area (Å²) in [6.07, 6.45) is -6.74. The van der Waals surface area contributed by atoms with Crippen molar-refractivity contribution >= 4 is 23.5 Å². The fraction of sp³-hybridized carbons (Fsp3) is 0.407. The molecule has 0 radical (unpaired) electrons. The van der Waals surface area contributed by atoms with Crippen LogP contribution in [0.3, 0.4) is 0 Å². The van der Waals surface area contributed by atoms with Crippen molar-refractivity contribution in [2.45, 2.75) is 44.6 Å². The van der Waals surface area contributed by atoms with Crippen LogP contribution in [-0.4, -0.2) is 56.8 Å². The highest BCUT2D eigenvalue weighted by molar-refractivity contribution is 6.30. The summed E-state index contributed by atoms with van der Waals surface area (Å²) in [5.41, 5.74) is 1.79. The SMILES string of the molecule is COc1cccc([C@H]2O[C@H](CC(=O)N3CCC(C(=O)O)CC3)c3nnc(C(F)(F)F)n3-c3ccc(Cl)cc32)c1C. The molecule has 40 heavy (non-hydrogen) atoms. The number of likely N-dealkylation sites (tertiary alicyclic amines) is 1. The lowest BCUT2D eigenvalue weighted by Crippen LogP contribution is -2.41. The molecule has 212 valence electrons. The van der Waals surface area contributed by atoms with E-state index in [2.05, 4.69) is 10.2 Å². The average molecular weight is 579 g/mol. The molecule has 0 spiro atoms. The third-order valence-corrected chi connectivity index (χ3v) is 7.66. The Kier molecular flexibility index (Phi) is 7.49. The second kappa shape index (κ2) is 10.7. The van der Waals surface area contributed by atoms with Crippen LogP contribution in [0.25, 0.3) is 5.69 Å². The number of nitrogens with zero attached hydrogens (tertiary/aromatic N) is 4. The molecule has 1 saturated heterocycles. The van der Waals surface area contributed by atoms with Crippen molar-refractivity contribution in [3.63, 3.8) is 0 Å². The van der Waals surface area contributed by atoms with Crippen LogP contribution in [-0.2, 0) is 20.5 Å². The number of ether oxygens (including phenoxy) is 2. The van der Waals surface area contributed by atoms with Gasteiger partial charge >= 0.3 is 12.1 Å². The Morgan fingerprint density at radius 3 is 2.52 bits per heavy atom. The first-order valence-corrected chi connectivity index (χ1v) is 13.0. The zero-order chi connectivity index (χ0) is 28.8. The molecule has 2 aliphatic heterocycles. The number of halogens is 4. The molecule has 2 aromatic carbocycles. The summed E-state index contributed by atoms with van der Waals surface area (Å²) in [5.74, 6) is -2.72. The minimum absolute atomic E-state index is 0.126. The van der Waals surface area contributed by atoms with Crippen LogP contribution in [0.1, 0.15) is 59.8 Å². The Labute approximate surface area is 232 Å². The quantitative estimate of drug-likeness (QED) is 0.447. The van der Waals surface area contributed by atoms with E-state index in [0.717, 1.165) is 4.57 Å². The Hall–Kier alpha value is -3.64. The number of amides is 1. The van der Waals surface area contributed by atoms with E-state index in [1.54, 1.807) is 25.1 Å². The summed E-state index contributed by atoms with van der Waals surface area (Å²) >= 11 is 6.32. The summed E-state index contributed by atoms with van der Waals surface area (Å²) in [6, 6.07) is 9.73. The Balaban J connectivity index is 1.61. The number of piperidine rings is 1. The Morgan fingerprint density at radius 1 is 1.15 bits per heavy atom. The molecule has 2 atom stereocenters. The van der Waals surface area contributed by atoms with Gasteiger partial charge in [0.2, 0.25) is 11.7 Å². The largest absolute Gasteiger partial charge is 0.496 e. The average Bonchev–Trinajstić information content (AvgIpc) is 3.32. The van der Waals surface area contributed by atoms with Crippen molar-refractivity contribution in [3.05, 3.63) is 69.8 Å². The number of benzene rings is 2. The number of carboxylic acid groups (broad SMARTS) is 1. The molecule has 1 amide bonds. The standard InChI is InChI=1S/C27H26ClF3N4O5/c1-14-17(4-3-5-20(14)39-2)23-18-12-16(28)6-7-19(18)35-24(32-33-26(35)27(29,30)31)21(40-23)13-22(36)34-10-8-15(9-11-34)25(37)38/h3-7,12,15,21,23H,8-11,13H2,1-2H3,(H,37,38)/t21-,23-/m1/s1. The van der Waals surface area contributed by atoms with Gasteiger partial charge in [-0.1, -0.05) is 23.7 Å². The van der Waals surface area contributed by atoms with Gasteiger partial charge in [-0.2, -0.15) is 13.2 Å². The third-order valence-electron chi connectivity index (χ3n) is 7.43. The molecule has 1 N–H and O–H groups in total. The number of fused-ring (bicyclic) bond motifs is 3. The summed E-state index contributed by atoms with van der Waals surface area (Å²) in [7, 11) is 1.51. The zero-order valence-corrected chi connectivity index (χ0v) is 22.4. The van der Waals surface area contributed by atoms with Crippen molar-refractivity contribution in [1.82, 2.24) is 19.7 Å². The van der Waals surface area contributed by atoms with Crippen LogP contribution in [0.4, 0.5) is 13.2 Å². The van der Waals surface area contributed by atoms with Crippen LogP contribution in [0.15, 0.2) is 36.4 Å². The van der Waals surface area contributed by atoms with Crippen molar-refractivity contribution < 1.29 is 37.3 Å². The zero-order valence-electron chi connectivity index (χ0n) is 21.6. The molecule has 0 aliphatic carbocycles. The minimum Gasteiger partial charge on any atom is -0.496 e. The molecule has 0 bridgehead atoms. The first kappa shape index (κ1) is 27.9. The van der Waals surface area contributed by atoms with Gasteiger partial charge < -0.3 is 19.5 Å². The fourth-order valence-electron chi connectivity index (χ4n) is 5.34. The molecule has 0 unspecified atom stereocenters. The van der Waals surface area contributed by atoms with Crippen molar-refractivity contribution in [1.29, 1.82) is 0 Å². The topological polar surface area (TPSA) is 107 Å². The molecule has 9 nitrogen and oxygen atoms in total. The first-order chi connectivity index (χ1) is 19.0. The molecule has 13 heteroatoms. The van der Waals surface area contributed by atoms with E-state index in [1.807, 2.05) is 0 Å². The lowest BCUT2D eigenvalue weighted by molar-refractivity contribution is -0.147. The number of carbonyl (C=O) groups excluding carboxylic acids is 1. The van der Waals surface area contributed by atoms with Gasteiger partial charge in [-0.25, -0.2) is 0 Å². The van der Waals surface area contributed by atoms with Crippen LogP contribution < -0.4 is 4.74 Å². The van der Waals surface area contributed by atoms with Gasteiger partial charge in [-0.3, -0.25) is 14.2 Å². The number of aliphatic carboxylic acids is 1. The lowest BCUT2D eigenvalue weighted by atomic mass is 9.95. The molecule has 3 aromatic rings. The Bertz CT molecular complexity index is 1450. The van der Waals surface area contributed by atoms with E-state index >= 15 is 0 Å². The number of alkyl halides is 3. The third kappa shape index (κ3) is 5.13. The van der Waals surface area contributed by atoms with Gasteiger partial charge in [-0.15, -0.1) is 10.2 Å². The van der Waals surface area contributed by atoms with Crippen molar-refractivity contribution in [2.24, 2.45) is 5.92 Å². The predicted octanol–water partition coefficient (Wildman–Crippen LogP) is 5.13. The maximum Gasteiger partial charge on any atom is 0.452 e. The summed E-state index contributed by atoms with van der Waals surface area (Å²) in [5, 5.41) is 16.9. The van der Waals surface area contributed by atoms with Crippen molar-refractivity contribution in [2.75, 3.05) is 20.2 Å². The first-order valence-electron chi connectivity index (χ1n) is 12.6. The van der Waals surface area contributed by atoms with E-state index in [4.69, 9.17) is 21.1 Å². The highest BCUT2D eigenvalue weighted by atomic mass is 35.5. The highest BCUT2D eigenvalue weighted by Crippen LogP contribution is 2.45. The van der Waals surface area contributed by atoms with E-state index < -0.39 is 36.1 Å². The van der Waals surface area contributed by atoms with Gasteiger partial charge in [0.15, 0.2) is 5.82 Å². The molecule has 3 heterocycles. The summed E-state index contributed by atoms with van der Waals surface area (Å²) in [4.78, 5) is 26.2. The molecule has 1 fully saturated rings. The number of hydrogen-bond donors (Lipinski definition) is 1. The predicted molar refractivity (Wildman–Crippen MR) is 136 cm³/mol. The lowest BCUT2D eigenvalue weighted by Gasteiger charge is -2.31. The van der Waals surface area contributed by atoms with Crippen LogP contribution >= 0.6 is 11.6 Å². The van der Waals surface area contributed by atoms with Gasteiger partial charge in [0, 0.05) is 23.7 Å². The number of carbonyl (C=O) groups is 2. The maximum absolute atomic E-state index is 14.2. The summed E-state index contributed by atoms with van der Waals surface area (Å²) in [6.45, 7) is 2.25. The van der Waals surface area contributed by atoms with Gasteiger partial charge in [-0.05, 0) is 55.2 Å². The number of rotatable bonds is 5. The normalized spacial score (nSPS) is 19.5. The van der Waals surface area contributed by atoms with Crippen LogP contribution in [0, 0.1) is 12.8 Å². The second-order valence-electron chi connectivity index (χ2n) is 9.79. The van der Waals surface area contributed by atoms with E-state index in [-0.39, 0.29) is 54.8 Å². The smallest absolute Gasteiger partial charge is 0.452 e. The molecule has 2 aliphatic rings. The number of methoxy groups -OCH3 is 1. The molecule has 5 rings (SSSR count). The Morgan fingerprint density at radius 2 is 1.88 bits per heavy atom. The summed E-state index contributed by atoms with van der Waals surface area (Å²) < 4.78 is 55.3. The number of carboxylic acids is 1. The van der Waals surface area contributed by atoms with Gasteiger partial charge in [0.25, 0.3) is 0 Å². The highest BCUT2D eigenvalue weighted by Gasteiger charge is 2.44. The van der Waals surface area contributed by atoms with E-state index in [9.17, 15) is 27.9 Å². The molecule has 0 saturated carbocycles. The van der Waals surface area contributed by atoms with Crippen molar-refractivity contribution in [3.8, 4) is 11.4 Å². The number of aromatic nitrogens is 3. The monoisotopic (exact) mass is 578 g/mol.